The molecular weight excluding hydrogens is 214 g/mol. The molecule has 1 saturated heterocycles. The molecule has 0 spiro atoms. The fraction of sp³-hybridized carbons (Fsp3) is 0.923. The van der Waals surface area contributed by atoms with Crippen LogP contribution < -0.4 is 11.1 Å². The summed E-state index contributed by atoms with van der Waals surface area (Å²) in [7, 11) is 2.16. The van der Waals surface area contributed by atoms with Gasteiger partial charge in [0.1, 0.15) is 0 Å². The molecule has 0 aromatic rings. The molecule has 4 nitrogen and oxygen atoms in total. The fourth-order valence-electron chi connectivity index (χ4n) is 2.61. The Bertz CT molecular complexity index is 267. The van der Waals surface area contributed by atoms with E-state index in [-0.39, 0.29) is 17.9 Å². The van der Waals surface area contributed by atoms with Crippen LogP contribution in [-0.4, -0.2) is 42.5 Å². The topological polar surface area (TPSA) is 58.4 Å². The molecule has 1 aliphatic rings. The molecule has 1 rings (SSSR count). The Kier molecular flexibility index (Phi) is 4.95. The zero-order valence-corrected chi connectivity index (χ0v) is 11.7. The minimum absolute atomic E-state index is 0.210. The first-order chi connectivity index (χ1) is 7.82. The Balaban J connectivity index is 2.63. The van der Waals surface area contributed by atoms with Gasteiger partial charge in [-0.3, -0.25) is 4.79 Å². The lowest BCUT2D eigenvalue weighted by atomic mass is 9.88. The van der Waals surface area contributed by atoms with Crippen molar-refractivity contribution < 1.29 is 4.79 Å². The van der Waals surface area contributed by atoms with Crippen LogP contribution in [-0.2, 0) is 4.79 Å². The normalized spacial score (nSPS) is 32.7. The quantitative estimate of drug-likeness (QED) is 0.766. The van der Waals surface area contributed by atoms with Gasteiger partial charge >= 0.3 is 0 Å². The second kappa shape index (κ2) is 5.83. The van der Waals surface area contributed by atoms with Gasteiger partial charge in [0.15, 0.2) is 0 Å². The van der Waals surface area contributed by atoms with Crippen molar-refractivity contribution >= 4 is 5.91 Å². The zero-order valence-electron chi connectivity index (χ0n) is 11.7. The predicted molar refractivity (Wildman–Crippen MR) is 70.6 cm³/mol. The number of nitrogens with one attached hydrogen (secondary N) is 1. The smallest absolute Gasteiger partial charge is 0.234 e. The van der Waals surface area contributed by atoms with E-state index in [4.69, 9.17) is 5.73 Å². The van der Waals surface area contributed by atoms with Gasteiger partial charge in [0.2, 0.25) is 5.91 Å². The lowest BCUT2D eigenvalue weighted by Gasteiger charge is -2.41. The van der Waals surface area contributed by atoms with E-state index >= 15 is 0 Å². The number of likely N-dealkylation sites (tertiary alicyclic amines) is 1. The van der Waals surface area contributed by atoms with Gasteiger partial charge in [-0.1, -0.05) is 20.8 Å². The molecular formula is C13H27N3O. The van der Waals surface area contributed by atoms with Gasteiger partial charge in [-0.05, 0) is 32.2 Å². The molecule has 1 aliphatic heterocycles. The van der Waals surface area contributed by atoms with E-state index in [1.165, 1.54) is 0 Å². The molecule has 100 valence electrons. The summed E-state index contributed by atoms with van der Waals surface area (Å²) in [6.07, 6.45) is 1.08. The molecule has 0 saturated carbocycles. The van der Waals surface area contributed by atoms with E-state index in [0.717, 1.165) is 13.0 Å². The fourth-order valence-corrected chi connectivity index (χ4v) is 2.61. The van der Waals surface area contributed by atoms with E-state index < -0.39 is 0 Å². The van der Waals surface area contributed by atoms with Crippen LogP contribution in [0.15, 0.2) is 0 Å². The summed E-state index contributed by atoms with van der Waals surface area (Å²) in [6.45, 7) is 9.60. The molecule has 1 heterocycles. The summed E-state index contributed by atoms with van der Waals surface area (Å²) in [6, 6.07) is 0.739. The zero-order chi connectivity index (χ0) is 13.2. The van der Waals surface area contributed by atoms with E-state index in [9.17, 15) is 4.79 Å². The second-order valence-corrected chi connectivity index (χ2v) is 5.90. The van der Waals surface area contributed by atoms with Crippen molar-refractivity contribution in [3.05, 3.63) is 0 Å². The van der Waals surface area contributed by atoms with Gasteiger partial charge in [0, 0.05) is 18.6 Å². The lowest BCUT2D eigenvalue weighted by Crippen LogP contribution is -2.57. The van der Waals surface area contributed by atoms with E-state index in [2.05, 4.69) is 31.1 Å². The maximum absolute atomic E-state index is 11.4. The van der Waals surface area contributed by atoms with Gasteiger partial charge in [0.25, 0.3) is 0 Å². The largest absolute Gasteiger partial charge is 0.368 e. The van der Waals surface area contributed by atoms with Gasteiger partial charge < -0.3 is 16.0 Å². The summed E-state index contributed by atoms with van der Waals surface area (Å²) < 4.78 is 0. The van der Waals surface area contributed by atoms with Gasteiger partial charge in [0.05, 0.1) is 6.04 Å². The average Bonchev–Trinajstić information content (AvgIpc) is 2.20. The van der Waals surface area contributed by atoms with Crippen LogP contribution in [0.3, 0.4) is 0 Å². The molecule has 0 aliphatic carbocycles. The number of hydrogen-bond acceptors (Lipinski definition) is 3. The minimum Gasteiger partial charge on any atom is -0.368 e. The first kappa shape index (κ1) is 14.5. The van der Waals surface area contributed by atoms with Crippen molar-refractivity contribution in [2.45, 2.75) is 52.2 Å². The summed E-state index contributed by atoms with van der Waals surface area (Å²) in [5.41, 5.74) is 5.45. The van der Waals surface area contributed by atoms with Crippen LogP contribution in [0.2, 0.25) is 0 Å². The maximum Gasteiger partial charge on any atom is 0.234 e. The highest BCUT2D eigenvalue weighted by Gasteiger charge is 2.32. The molecule has 4 heteroatoms. The number of hydrogen-bond donors (Lipinski definition) is 2. The van der Waals surface area contributed by atoms with Crippen molar-refractivity contribution in [3.8, 4) is 0 Å². The van der Waals surface area contributed by atoms with Crippen LogP contribution in [0.4, 0.5) is 0 Å². The molecule has 17 heavy (non-hydrogen) atoms. The van der Waals surface area contributed by atoms with Crippen molar-refractivity contribution in [1.82, 2.24) is 10.2 Å². The predicted octanol–water partition coefficient (Wildman–Crippen LogP) is 0.815. The van der Waals surface area contributed by atoms with E-state index in [1.807, 2.05) is 13.8 Å². The first-order valence-corrected chi connectivity index (χ1v) is 6.58. The summed E-state index contributed by atoms with van der Waals surface area (Å²) in [5.74, 6) is 0.560. The molecule has 1 fully saturated rings. The third kappa shape index (κ3) is 3.68. The molecule has 3 N–H and O–H groups in total. The van der Waals surface area contributed by atoms with Crippen molar-refractivity contribution in [2.24, 2.45) is 17.6 Å². The van der Waals surface area contributed by atoms with Crippen LogP contribution in [0.25, 0.3) is 0 Å². The highest BCUT2D eigenvalue weighted by atomic mass is 16.1. The Morgan fingerprint density at radius 3 is 2.47 bits per heavy atom. The lowest BCUT2D eigenvalue weighted by molar-refractivity contribution is -0.121. The van der Waals surface area contributed by atoms with Crippen molar-refractivity contribution in [2.75, 3.05) is 13.6 Å². The third-order valence-corrected chi connectivity index (χ3v) is 3.98. The van der Waals surface area contributed by atoms with Gasteiger partial charge in [-0.15, -0.1) is 0 Å². The molecule has 4 atom stereocenters. The van der Waals surface area contributed by atoms with Crippen LogP contribution in [0, 0.1) is 11.8 Å². The molecule has 0 aromatic carbocycles. The second-order valence-electron chi connectivity index (χ2n) is 5.90. The van der Waals surface area contributed by atoms with Gasteiger partial charge in [-0.2, -0.15) is 0 Å². The standard InChI is InChI=1S/C13H27N3O/c1-8(2)12(13(14)17)15-11-6-10(4)16(5)7-9(11)3/h8-12,15H,6-7H2,1-5H3,(H2,14,17). The number of carbonyl (C=O) groups is 1. The number of rotatable bonds is 4. The van der Waals surface area contributed by atoms with Gasteiger partial charge in [-0.25, -0.2) is 0 Å². The number of piperidine rings is 1. The highest BCUT2D eigenvalue weighted by molar-refractivity contribution is 5.80. The molecule has 4 unspecified atom stereocenters. The molecule has 0 aromatic heterocycles. The average molecular weight is 241 g/mol. The van der Waals surface area contributed by atoms with Crippen LogP contribution in [0.5, 0.6) is 0 Å². The van der Waals surface area contributed by atoms with E-state index in [1.54, 1.807) is 0 Å². The Labute approximate surface area is 105 Å². The highest BCUT2D eigenvalue weighted by Crippen LogP contribution is 2.21. The molecule has 1 amide bonds. The molecule has 0 bridgehead atoms. The number of carbonyl (C=O) groups excluding carboxylic acids is 1. The number of primary amides is 1. The summed E-state index contributed by atoms with van der Waals surface area (Å²) >= 11 is 0. The Hall–Kier alpha value is -0.610. The van der Waals surface area contributed by atoms with Crippen molar-refractivity contribution in [1.29, 1.82) is 0 Å². The number of nitrogens with two attached hydrogens (primary N) is 1. The monoisotopic (exact) mass is 241 g/mol. The van der Waals surface area contributed by atoms with Crippen LogP contribution in [0.1, 0.15) is 34.1 Å². The maximum atomic E-state index is 11.4. The van der Waals surface area contributed by atoms with Crippen LogP contribution >= 0.6 is 0 Å². The number of amides is 1. The Morgan fingerprint density at radius 2 is 2.00 bits per heavy atom. The minimum atomic E-state index is -0.237. The third-order valence-electron chi connectivity index (χ3n) is 3.98. The first-order valence-electron chi connectivity index (χ1n) is 6.58. The van der Waals surface area contributed by atoms with E-state index in [0.29, 0.717) is 18.0 Å². The van der Waals surface area contributed by atoms with Crippen molar-refractivity contribution in [3.63, 3.8) is 0 Å². The summed E-state index contributed by atoms with van der Waals surface area (Å²) in [5, 5.41) is 3.45. The summed E-state index contributed by atoms with van der Waals surface area (Å²) in [4.78, 5) is 13.8. The SMILES string of the molecule is CC(C)C(NC1CC(C)N(C)CC1C)C(N)=O. The Morgan fingerprint density at radius 1 is 1.41 bits per heavy atom. The molecule has 0 radical (unpaired) electrons. The number of nitrogens with zero attached hydrogens (tertiary/aromatic N) is 1.